The van der Waals surface area contributed by atoms with Gasteiger partial charge in [0.25, 0.3) is 0 Å². The first-order chi connectivity index (χ1) is 7.11. The molecule has 0 saturated carbocycles. The Kier molecular flexibility index (Phi) is 3.53. The maximum Gasteiger partial charge on any atom is 0.410 e. The first kappa shape index (κ1) is 13.3. The van der Waals surface area contributed by atoms with Crippen LogP contribution in [0.2, 0.25) is 0 Å². The van der Waals surface area contributed by atoms with Gasteiger partial charge in [-0.05, 0) is 47.5 Å². The summed E-state index contributed by atoms with van der Waals surface area (Å²) in [5.74, 6) is 0. The van der Waals surface area contributed by atoms with Crippen molar-refractivity contribution in [3.63, 3.8) is 0 Å². The number of nitrogens with two attached hydrogens (primary N) is 1. The average Bonchev–Trinajstić information content (AvgIpc) is 1.97. The minimum atomic E-state index is -0.430. The number of rotatable bonds is 0. The van der Waals surface area contributed by atoms with Crippen LogP contribution in [0.25, 0.3) is 0 Å². The Morgan fingerprint density at radius 3 is 2.50 bits per heavy atom. The molecule has 1 rings (SSSR count). The van der Waals surface area contributed by atoms with Gasteiger partial charge in [-0.25, -0.2) is 4.79 Å². The van der Waals surface area contributed by atoms with E-state index in [0.29, 0.717) is 6.54 Å². The number of carbonyl (C=O) groups is 1. The van der Waals surface area contributed by atoms with Crippen LogP contribution in [0, 0.1) is 0 Å². The molecule has 1 saturated heterocycles. The molecule has 0 aromatic rings. The van der Waals surface area contributed by atoms with Crippen molar-refractivity contribution >= 4 is 6.09 Å². The number of nitrogens with zero attached hydrogens (tertiary/aromatic N) is 1. The molecule has 2 atom stereocenters. The Balaban J connectivity index is 2.59. The van der Waals surface area contributed by atoms with E-state index in [-0.39, 0.29) is 17.7 Å². The van der Waals surface area contributed by atoms with Crippen LogP contribution in [0.15, 0.2) is 0 Å². The second kappa shape index (κ2) is 4.24. The van der Waals surface area contributed by atoms with Crippen molar-refractivity contribution in [1.29, 1.82) is 0 Å². The topological polar surface area (TPSA) is 55.6 Å². The maximum absolute atomic E-state index is 11.9. The molecule has 4 heteroatoms. The van der Waals surface area contributed by atoms with Gasteiger partial charge in [0.1, 0.15) is 5.60 Å². The van der Waals surface area contributed by atoms with Gasteiger partial charge in [-0.3, -0.25) is 0 Å². The van der Waals surface area contributed by atoms with Crippen molar-refractivity contribution in [2.75, 3.05) is 6.54 Å². The van der Waals surface area contributed by atoms with Crippen molar-refractivity contribution in [3.8, 4) is 0 Å². The van der Waals surface area contributed by atoms with Gasteiger partial charge in [0.2, 0.25) is 0 Å². The van der Waals surface area contributed by atoms with Crippen molar-refractivity contribution in [2.45, 2.75) is 64.6 Å². The lowest BCUT2D eigenvalue weighted by Gasteiger charge is -2.41. The van der Waals surface area contributed by atoms with Crippen LogP contribution < -0.4 is 5.73 Å². The Morgan fingerprint density at radius 1 is 1.50 bits per heavy atom. The molecule has 0 spiro atoms. The zero-order valence-corrected chi connectivity index (χ0v) is 11.0. The highest BCUT2D eigenvalue weighted by Crippen LogP contribution is 2.25. The molecule has 0 aromatic heterocycles. The number of carbonyl (C=O) groups excluding carboxylic acids is 1. The van der Waals surface area contributed by atoms with E-state index in [1.165, 1.54) is 0 Å². The van der Waals surface area contributed by atoms with E-state index in [4.69, 9.17) is 10.5 Å². The Bertz CT molecular complexity index is 269. The lowest BCUT2D eigenvalue weighted by molar-refractivity contribution is 0.00602. The lowest BCUT2D eigenvalue weighted by Crippen LogP contribution is -2.54. The SMILES string of the molecule is CC1CC(C)(N)CCN1C(=O)OC(C)(C)C. The van der Waals surface area contributed by atoms with E-state index >= 15 is 0 Å². The van der Waals surface area contributed by atoms with Gasteiger partial charge in [-0.1, -0.05) is 0 Å². The third-order valence-electron chi connectivity index (χ3n) is 2.85. The molecule has 2 N–H and O–H groups in total. The van der Waals surface area contributed by atoms with Crippen LogP contribution in [-0.2, 0) is 4.74 Å². The molecule has 94 valence electrons. The summed E-state index contributed by atoms with van der Waals surface area (Å²) in [5.41, 5.74) is 5.49. The normalized spacial score (nSPS) is 31.4. The highest BCUT2D eigenvalue weighted by atomic mass is 16.6. The van der Waals surface area contributed by atoms with Crippen molar-refractivity contribution in [3.05, 3.63) is 0 Å². The summed E-state index contributed by atoms with van der Waals surface area (Å²) in [6.45, 7) is 10.4. The smallest absolute Gasteiger partial charge is 0.410 e. The van der Waals surface area contributed by atoms with Gasteiger partial charge < -0.3 is 15.4 Å². The molecule has 0 bridgehead atoms. The third-order valence-corrected chi connectivity index (χ3v) is 2.85. The van der Waals surface area contributed by atoms with Gasteiger partial charge in [0.15, 0.2) is 0 Å². The second-order valence-electron chi connectivity index (χ2n) is 6.13. The molecule has 1 aliphatic heterocycles. The van der Waals surface area contributed by atoms with E-state index in [0.717, 1.165) is 12.8 Å². The van der Waals surface area contributed by atoms with Gasteiger partial charge in [0.05, 0.1) is 0 Å². The number of hydrogen-bond donors (Lipinski definition) is 1. The number of ether oxygens (including phenoxy) is 1. The second-order valence-corrected chi connectivity index (χ2v) is 6.13. The molecule has 2 unspecified atom stereocenters. The number of amides is 1. The predicted octanol–water partition coefficient (Wildman–Crippen LogP) is 2.12. The first-order valence-corrected chi connectivity index (χ1v) is 5.89. The third kappa shape index (κ3) is 3.67. The van der Waals surface area contributed by atoms with Crippen molar-refractivity contribution < 1.29 is 9.53 Å². The summed E-state index contributed by atoms with van der Waals surface area (Å²) in [5, 5.41) is 0. The Morgan fingerprint density at radius 2 is 2.06 bits per heavy atom. The van der Waals surface area contributed by atoms with Gasteiger partial charge in [0, 0.05) is 18.1 Å². The summed E-state index contributed by atoms with van der Waals surface area (Å²) >= 11 is 0. The highest BCUT2D eigenvalue weighted by molar-refractivity contribution is 5.68. The Hall–Kier alpha value is -0.770. The molecular formula is C12H24N2O2. The van der Waals surface area contributed by atoms with Crippen LogP contribution in [0.5, 0.6) is 0 Å². The zero-order chi connectivity index (χ0) is 12.6. The predicted molar refractivity (Wildman–Crippen MR) is 64.2 cm³/mol. The molecule has 0 aromatic carbocycles. The first-order valence-electron chi connectivity index (χ1n) is 5.89. The summed E-state index contributed by atoms with van der Waals surface area (Å²) in [4.78, 5) is 13.7. The molecule has 1 aliphatic rings. The van der Waals surface area contributed by atoms with Crippen LogP contribution in [0.3, 0.4) is 0 Å². The van der Waals surface area contributed by atoms with Gasteiger partial charge >= 0.3 is 6.09 Å². The molecule has 16 heavy (non-hydrogen) atoms. The fourth-order valence-electron chi connectivity index (χ4n) is 2.08. The maximum atomic E-state index is 11.9. The molecule has 1 amide bonds. The molecular weight excluding hydrogens is 204 g/mol. The zero-order valence-electron chi connectivity index (χ0n) is 11.0. The lowest BCUT2D eigenvalue weighted by atomic mass is 9.87. The van der Waals surface area contributed by atoms with Crippen molar-refractivity contribution in [1.82, 2.24) is 4.90 Å². The van der Waals surface area contributed by atoms with E-state index in [1.54, 1.807) is 4.90 Å². The average molecular weight is 228 g/mol. The highest BCUT2D eigenvalue weighted by Gasteiger charge is 2.35. The van der Waals surface area contributed by atoms with E-state index < -0.39 is 5.60 Å². The number of hydrogen-bond acceptors (Lipinski definition) is 3. The van der Waals surface area contributed by atoms with Crippen LogP contribution in [-0.4, -0.2) is 34.7 Å². The Labute approximate surface area is 98.1 Å². The van der Waals surface area contributed by atoms with E-state index in [9.17, 15) is 4.79 Å². The fraction of sp³-hybridized carbons (Fsp3) is 0.917. The van der Waals surface area contributed by atoms with E-state index in [2.05, 4.69) is 0 Å². The summed E-state index contributed by atoms with van der Waals surface area (Å²) in [7, 11) is 0. The largest absolute Gasteiger partial charge is 0.444 e. The van der Waals surface area contributed by atoms with Gasteiger partial charge in [-0.2, -0.15) is 0 Å². The fourth-order valence-corrected chi connectivity index (χ4v) is 2.08. The molecule has 0 radical (unpaired) electrons. The minimum absolute atomic E-state index is 0.151. The number of likely N-dealkylation sites (tertiary alicyclic amines) is 1. The number of piperidine rings is 1. The molecule has 1 fully saturated rings. The van der Waals surface area contributed by atoms with E-state index in [1.807, 2.05) is 34.6 Å². The van der Waals surface area contributed by atoms with Crippen LogP contribution in [0.1, 0.15) is 47.5 Å². The summed E-state index contributed by atoms with van der Waals surface area (Å²) in [6, 6.07) is 0.151. The minimum Gasteiger partial charge on any atom is -0.444 e. The van der Waals surface area contributed by atoms with Crippen LogP contribution >= 0.6 is 0 Å². The molecule has 1 heterocycles. The monoisotopic (exact) mass is 228 g/mol. The summed E-state index contributed by atoms with van der Waals surface area (Å²) < 4.78 is 5.36. The molecule has 0 aliphatic carbocycles. The molecule has 4 nitrogen and oxygen atoms in total. The van der Waals surface area contributed by atoms with Crippen molar-refractivity contribution in [2.24, 2.45) is 5.73 Å². The summed E-state index contributed by atoms with van der Waals surface area (Å²) in [6.07, 6.45) is 1.43. The van der Waals surface area contributed by atoms with Gasteiger partial charge in [-0.15, -0.1) is 0 Å². The standard InChI is InChI=1S/C12H24N2O2/c1-9-8-12(5,13)6-7-14(9)10(15)16-11(2,3)4/h9H,6-8,13H2,1-5H3. The quantitative estimate of drug-likeness (QED) is 0.691. The van der Waals surface area contributed by atoms with Crippen LogP contribution in [0.4, 0.5) is 4.79 Å².